The zero-order chi connectivity index (χ0) is 11.6. The fourth-order valence-electron chi connectivity index (χ4n) is 1.65. The summed E-state index contributed by atoms with van der Waals surface area (Å²) in [5.41, 5.74) is 7.88. The van der Waals surface area contributed by atoms with Gasteiger partial charge in [0, 0.05) is 5.02 Å². The number of benzene rings is 1. The Morgan fingerprint density at radius 1 is 1.33 bits per heavy atom. The predicted octanol–water partition coefficient (Wildman–Crippen LogP) is 2.67. The van der Waals surface area contributed by atoms with Gasteiger partial charge in [0.1, 0.15) is 0 Å². The van der Waals surface area contributed by atoms with Gasteiger partial charge in [-0.25, -0.2) is 0 Å². The third-order valence-electron chi connectivity index (χ3n) is 2.66. The maximum atomic E-state index is 9.91. The highest BCUT2D eigenvalue weighted by atomic mass is 35.5. The zero-order valence-electron chi connectivity index (χ0n) is 9.37. The van der Waals surface area contributed by atoms with Crippen LogP contribution in [0.5, 0.6) is 0 Å². The van der Waals surface area contributed by atoms with Crippen LogP contribution < -0.4 is 5.73 Å². The lowest BCUT2D eigenvalue weighted by Gasteiger charge is -2.24. The lowest BCUT2D eigenvalue weighted by molar-refractivity contribution is 0.0977. The van der Waals surface area contributed by atoms with Gasteiger partial charge in [0.05, 0.1) is 12.1 Å². The van der Waals surface area contributed by atoms with Crippen LogP contribution in [0.4, 0.5) is 0 Å². The third-order valence-corrected chi connectivity index (χ3v) is 2.98. The highest BCUT2D eigenvalue weighted by Crippen LogP contribution is 2.28. The first kappa shape index (κ1) is 12.5. The summed E-state index contributed by atoms with van der Waals surface area (Å²) in [4.78, 5) is 0. The molecule has 0 spiro atoms. The van der Waals surface area contributed by atoms with Crippen LogP contribution in [-0.4, -0.2) is 11.2 Å². The quantitative estimate of drug-likeness (QED) is 0.834. The number of nitrogens with two attached hydrogens (primary N) is 1. The maximum absolute atomic E-state index is 9.91. The van der Waals surface area contributed by atoms with Crippen molar-refractivity contribution in [2.75, 3.05) is 0 Å². The molecule has 0 aromatic heterocycles. The maximum Gasteiger partial charge on any atom is 0.0756 e. The molecule has 0 aliphatic rings. The fourth-order valence-corrected chi connectivity index (χ4v) is 2.00. The van der Waals surface area contributed by atoms with E-state index in [9.17, 15) is 5.11 Å². The average Bonchev–Trinajstić information content (AvgIpc) is 2.15. The Balaban J connectivity index is 3.05. The summed E-state index contributed by atoms with van der Waals surface area (Å²) in [7, 11) is 0. The molecular weight excluding hydrogens is 210 g/mol. The average molecular weight is 228 g/mol. The van der Waals surface area contributed by atoms with Crippen molar-refractivity contribution in [3.8, 4) is 0 Å². The first-order valence-electron chi connectivity index (χ1n) is 5.13. The summed E-state index contributed by atoms with van der Waals surface area (Å²) in [6, 6.07) is 5.22. The molecule has 0 amide bonds. The predicted molar refractivity (Wildman–Crippen MR) is 64.0 cm³/mol. The minimum Gasteiger partial charge on any atom is -0.391 e. The van der Waals surface area contributed by atoms with Gasteiger partial charge < -0.3 is 10.8 Å². The molecule has 3 N–H and O–H groups in total. The van der Waals surface area contributed by atoms with Crippen molar-refractivity contribution >= 4 is 11.6 Å². The minimum absolute atomic E-state index is 0.121. The lowest BCUT2D eigenvalue weighted by atomic mass is 9.92. The van der Waals surface area contributed by atoms with Crippen molar-refractivity contribution in [3.05, 3.63) is 34.3 Å². The van der Waals surface area contributed by atoms with Gasteiger partial charge in [-0.15, -0.1) is 0 Å². The molecule has 84 valence electrons. The summed E-state index contributed by atoms with van der Waals surface area (Å²) in [5, 5.41) is 10.5. The van der Waals surface area contributed by atoms with Gasteiger partial charge in [-0.2, -0.15) is 0 Å². The molecule has 1 aromatic rings. The van der Waals surface area contributed by atoms with Crippen LogP contribution in [0, 0.1) is 12.8 Å². The van der Waals surface area contributed by atoms with Crippen LogP contribution in [0.3, 0.4) is 0 Å². The molecular formula is C12H18ClNO. The standard InChI is InChI=1S/C12H18ClNO/c1-7(2)12(15)11(14)10-8(3)5-4-6-9(10)13/h4-7,11-12,15H,14H2,1-3H3/t11-,12+/m0/s1. The summed E-state index contributed by atoms with van der Waals surface area (Å²) in [5.74, 6) is 0.121. The second-order valence-corrected chi connectivity index (χ2v) is 4.64. The molecule has 0 radical (unpaired) electrons. The normalized spacial score (nSPS) is 15.4. The minimum atomic E-state index is -0.566. The Bertz CT molecular complexity index is 318. The Morgan fingerprint density at radius 3 is 2.40 bits per heavy atom. The Labute approximate surface area is 96.1 Å². The summed E-state index contributed by atoms with van der Waals surface area (Å²) < 4.78 is 0. The summed E-state index contributed by atoms with van der Waals surface area (Å²) in [6.07, 6.45) is -0.566. The monoisotopic (exact) mass is 227 g/mol. The van der Waals surface area contributed by atoms with Crippen LogP contribution in [0.15, 0.2) is 18.2 Å². The number of aryl methyl sites for hydroxylation is 1. The molecule has 15 heavy (non-hydrogen) atoms. The molecule has 2 atom stereocenters. The molecule has 2 nitrogen and oxygen atoms in total. The van der Waals surface area contributed by atoms with Gasteiger partial charge in [-0.05, 0) is 30.0 Å². The van der Waals surface area contributed by atoms with Crippen LogP contribution in [0.2, 0.25) is 5.02 Å². The van der Waals surface area contributed by atoms with Crippen LogP contribution >= 0.6 is 11.6 Å². The molecule has 0 aliphatic carbocycles. The molecule has 0 aliphatic heterocycles. The molecule has 0 fully saturated rings. The highest BCUT2D eigenvalue weighted by molar-refractivity contribution is 6.31. The fraction of sp³-hybridized carbons (Fsp3) is 0.500. The Morgan fingerprint density at radius 2 is 1.93 bits per heavy atom. The van der Waals surface area contributed by atoms with Crippen LogP contribution in [0.1, 0.15) is 31.0 Å². The molecule has 0 saturated heterocycles. The molecule has 1 rings (SSSR count). The van der Waals surface area contributed by atoms with E-state index in [0.29, 0.717) is 5.02 Å². The highest BCUT2D eigenvalue weighted by Gasteiger charge is 2.23. The van der Waals surface area contributed by atoms with Crippen LogP contribution in [-0.2, 0) is 0 Å². The van der Waals surface area contributed by atoms with E-state index in [0.717, 1.165) is 11.1 Å². The van der Waals surface area contributed by atoms with E-state index in [1.807, 2.05) is 32.9 Å². The number of aliphatic hydroxyl groups excluding tert-OH is 1. The molecule has 1 aromatic carbocycles. The van der Waals surface area contributed by atoms with Gasteiger partial charge in [0.15, 0.2) is 0 Å². The largest absolute Gasteiger partial charge is 0.391 e. The van der Waals surface area contributed by atoms with E-state index >= 15 is 0 Å². The van der Waals surface area contributed by atoms with Crippen molar-refractivity contribution in [1.82, 2.24) is 0 Å². The third kappa shape index (κ3) is 2.71. The van der Waals surface area contributed by atoms with Gasteiger partial charge in [-0.1, -0.05) is 37.6 Å². The Hall–Kier alpha value is -0.570. The molecule has 0 heterocycles. The smallest absolute Gasteiger partial charge is 0.0756 e. The lowest BCUT2D eigenvalue weighted by Crippen LogP contribution is -2.31. The van der Waals surface area contributed by atoms with E-state index < -0.39 is 12.1 Å². The van der Waals surface area contributed by atoms with Crippen molar-refractivity contribution in [1.29, 1.82) is 0 Å². The Kier molecular flexibility index (Phi) is 4.14. The number of halogens is 1. The second-order valence-electron chi connectivity index (χ2n) is 4.23. The topological polar surface area (TPSA) is 46.2 Å². The summed E-state index contributed by atoms with van der Waals surface area (Å²) >= 11 is 6.08. The van der Waals surface area contributed by atoms with Gasteiger partial charge in [-0.3, -0.25) is 0 Å². The van der Waals surface area contributed by atoms with E-state index in [2.05, 4.69) is 0 Å². The molecule has 0 bridgehead atoms. The first-order chi connectivity index (χ1) is 6.95. The van der Waals surface area contributed by atoms with Crippen molar-refractivity contribution in [3.63, 3.8) is 0 Å². The van der Waals surface area contributed by atoms with E-state index in [1.54, 1.807) is 6.07 Å². The number of hydrogen-bond donors (Lipinski definition) is 2. The summed E-state index contributed by atoms with van der Waals surface area (Å²) in [6.45, 7) is 5.83. The van der Waals surface area contributed by atoms with Gasteiger partial charge >= 0.3 is 0 Å². The van der Waals surface area contributed by atoms with E-state index in [-0.39, 0.29) is 5.92 Å². The SMILES string of the molecule is Cc1cccc(Cl)c1[C@H](N)[C@H](O)C(C)C. The second kappa shape index (κ2) is 4.97. The number of aliphatic hydroxyl groups is 1. The zero-order valence-corrected chi connectivity index (χ0v) is 10.1. The number of rotatable bonds is 3. The molecule has 3 heteroatoms. The van der Waals surface area contributed by atoms with Crippen molar-refractivity contribution < 1.29 is 5.11 Å². The molecule has 0 unspecified atom stereocenters. The van der Waals surface area contributed by atoms with Gasteiger partial charge in [0.25, 0.3) is 0 Å². The van der Waals surface area contributed by atoms with Crippen molar-refractivity contribution in [2.24, 2.45) is 11.7 Å². The molecule has 0 saturated carbocycles. The number of hydrogen-bond acceptors (Lipinski definition) is 2. The van der Waals surface area contributed by atoms with Crippen LogP contribution in [0.25, 0.3) is 0 Å². The first-order valence-corrected chi connectivity index (χ1v) is 5.51. The van der Waals surface area contributed by atoms with Crippen molar-refractivity contribution in [2.45, 2.75) is 32.9 Å². The van der Waals surface area contributed by atoms with E-state index in [4.69, 9.17) is 17.3 Å². The van der Waals surface area contributed by atoms with Gasteiger partial charge in [0.2, 0.25) is 0 Å². The van der Waals surface area contributed by atoms with E-state index in [1.165, 1.54) is 0 Å².